The minimum atomic E-state index is -0.989. The van der Waals surface area contributed by atoms with Gasteiger partial charge < -0.3 is 10.4 Å². The van der Waals surface area contributed by atoms with Crippen molar-refractivity contribution in [1.82, 2.24) is 5.32 Å². The third-order valence-electron chi connectivity index (χ3n) is 2.44. The Bertz CT molecular complexity index is 453. The monoisotopic (exact) mass is 345 g/mol. The molecule has 0 aliphatic carbocycles. The number of halogens is 1. The highest BCUT2D eigenvalue weighted by Crippen LogP contribution is 2.21. The number of carboxylic acid groups (broad SMARTS) is 1. The van der Waals surface area contributed by atoms with E-state index in [1.807, 2.05) is 24.3 Å². The third kappa shape index (κ3) is 6.11. The number of benzene rings is 1. The molecule has 0 saturated carbocycles. The highest BCUT2D eigenvalue weighted by molar-refractivity contribution is 9.10. The number of carbonyl (C=O) groups excluding carboxylic acids is 1. The molecule has 0 fully saturated rings. The van der Waals surface area contributed by atoms with Gasteiger partial charge in [-0.25, -0.2) is 4.79 Å². The van der Waals surface area contributed by atoms with Crippen molar-refractivity contribution < 1.29 is 14.7 Å². The van der Waals surface area contributed by atoms with E-state index in [0.29, 0.717) is 12.2 Å². The van der Waals surface area contributed by atoms with Crippen LogP contribution >= 0.6 is 27.7 Å². The lowest BCUT2D eigenvalue weighted by atomic mass is 10.2. The van der Waals surface area contributed by atoms with Gasteiger partial charge in [-0.3, -0.25) is 4.79 Å². The van der Waals surface area contributed by atoms with Crippen LogP contribution in [0.2, 0.25) is 0 Å². The van der Waals surface area contributed by atoms with E-state index in [2.05, 4.69) is 21.2 Å². The van der Waals surface area contributed by atoms with Crippen molar-refractivity contribution in [3.8, 4) is 0 Å². The molecule has 1 unspecified atom stereocenters. The van der Waals surface area contributed by atoms with Crippen molar-refractivity contribution in [3.63, 3.8) is 0 Å². The molecule has 1 amide bonds. The molecule has 4 nitrogen and oxygen atoms in total. The van der Waals surface area contributed by atoms with E-state index in [9.17, 15) is 9.59 Å². The molecule has 0 aromatic heterocycles. The van der Waals surface area contributed by atoms with Crippen LogP contribution in [0.3, 0.4) is 0 Å². The maximum atomic E-state index is 10.9. The van der Waals surface area contributed by atoms with Crippen molar-refractivity contribution in [2.75, 3.05) is 5.75 Å². The van der Waals surface area contributed by atoms with Gasteiger partial charge in [-0.15, -0.1) is 0 Å². The summed E-state index contributed by atoms with van der Waals surface area (Å²) in [7, 11) is 0. The highest BCUT2D eigenvalue weighted by Gasteiger charge is 2.17. The average Bonchev–Trinajstić information content (AvgIpc) is 2.34. The van der Waals surface area contributed by atoms with Gasteiger partial charge in [0.15, 0.2) is 0 Å². The lowest BCUT2D eigenvalue weighted by Gasteiger charge is -2.12. The zero-order valence-electron chi connectivity index (χ0n) is 10.6. The summed E-state index contributed by atoms with van der Waals surface area (Å²) in [6.45, 7) is 1.32. The lowest BCUT2D eigenvalue weighted by Crippen LogP contribution is -2.39. The van der Waals surface area contributed by atoms with Gasteiger partial charge in [0.25, 0.3) is 0 Å². The Morgan fingerprint density at radius 1 is 1.42 bits per heavy atom. The van der Waals surface area contributed by atoms with Crippen molar-refractivity contribution in [2.45, 2.75) is 25.1 Å². The smallest absolute Gasteiger partial charge is 0.326 e. The van der Waals surface area contributed by atoms with Crippen LogP contribution in [0.15, 0.2) is 28.7 Å². The topological polar surface area (TPSA) is 66.4 Å². The Hall–Kier alpha value is -1.01. The number of hydrogen-bond acceptors (Lipinski definition) is 3. The Kier molecular flexibility index (Phi) is 6.94. The molecular formula is C13H16BrNO3S. The third-order valence-corrected chi connectivity index (χ3v) is 4.25. The fourth-order valence-corrected chi connectivity index (χ4v) is 3.13. The molecule has 1 aromatic rings. The van der Waals surface area contributed by atoms with Gasteiger partial charge in [0, 0.05) is 17.1 Å². The molecule has 1 rings (SSSR count). The predicted octanol–water partition coefficient (Wildman–Crippen LogP) is 2.66. The first-order valence-corrected chi connectivity index (χ1v) is 7.76. The number of hydrogen-bond donors (Lipinski definition) is 2. The molecular weight excluding hydrogens is 330 g/mol. The maximum Gasteiger partial charge on any atom is 0.326 e. The van der Waals surface area contributed by atoms with Crippen LogP contribution in [0, 0.1) is 0 Å². The number of carboxylic acids is 1. The molecule has 0 aliphatic rings. The molecule has 104 valence electrons. The quantitative estimate of drug-likeness (QED) is 0.745. The molecule has 6 heteroatoms. The summed E-state index contributed by atoms with van der Waals surface area (Å²) < 4.78 is 1.05. The minimum absolute atomic E-state index is 0.316. The van der Waals surface area contributed by atoms with E-state index in [0.717, 1.165) is 10.2 Å². The van der Waals surface area contributed by atoms with E-state index < -0.39 is 12.0 Å². The van der Waals surface area contributed by atoms with Crippen LogP contribution in [0.5, 0.6) is 0 Å². The van der Waals surface area contributed by atoms with Gasteiger partial charge in [0.2, 0.25) is 5.91 Å². The second kappa shape index (κ2) is 8.22. The van der Waals surface area contributed by atoms with Crippen LogP contribution in [0.4, 0.5) is 0 Å². The molecule has 0 spiro atoms. The molecule has 1 atom stereocenters. The van der Waals surface area contributed by atoms with Gasteiger partial charge in [-0.05, 0) is 23.8 Å². The van der Waals surface area contributed by atoms with Gasteiger partial charge in [0.1, 0.15) is 6.04 Å². The molecule has 0 radical (unpaired) electrons. The fraction of sp³-hybridized carbons (Fsp3) is 0.385. The SMILES string of the molecule is CC(=O)NC(CCSCc1ccccc1Br)C(=O)O. The first kappa shape index (κ1) is 16.0. The van der Waals surface area contributed by atoms with Crippen LogP contribution in [0.1, 0.15) is 18.9 Å². The van der Waals surface area contributed by atoms with Crippen molar-refractivity contribution in [1.29, 1.82) is 0 Å². The minimum Gasteiger partial charge on any atom is -0.480 e. The fourth-order valence-electron chi connectivity index (χ4n) is 1.50. The second-order valence-corrected chi connectivity index (χ2v) is 5.98. The second-order valence-electron chi connectivity index (χ2n) is 4.02. The summed E-state index contributed by atoms with van der Waals surface area (Å²) in [5.41, 5.74) is 1.18. The van der Waals surface area contributed by atoms with Crippen molar-refractivity contribution >= 4 is 39.6 Å². The number of carbonyl (C=O) groups is 2. The Morgan fingerprint density at radius 2 is 2.11 bits per heavy atom. The Morgan fingerprint density at radius 3 is 2.68 bits per heavy atom. The molecule has 1 aromatic carbocycles. The van der Waals surface area contributed by atoms with Gasteiger partial charge >= 0.3 is 5.97 Å². The largest absolute Gasteiger partial charge is 0.480 e. The standard InChI is InChI=1S/C13H16BrNO3S/c1-9(16)15-12(13(17)18)6-7-19-8-10-4-2-3-5-11(10)14/h2-5,12H,6-8H2,1H3,(H,15,16)(H,17,18). The van der Waals surface area contributed by atoms with Crippen LogP contribution in [0.25, 0.3) is 0 Å². The van der Waals surface area contributed by atoms with Gasteiger partial charge in [0.05, 0.1) is 0 Å². The lowest BCUT2D eigenvalue weighted by molar-refractivity contribution is -0.141. The van der Waals surface area contributed by atoms with Crippen LogP contribution in [-0.2, 0) is 15.3 Å². The molecule has 0 aliphatic heterocycles. The van der Waals surface area contributed by atoms with E-state index >= 15 is 0 Å². The summed E-state index contributed by atoms with van der Waals surface area (Å²) in [6.07, 6.45) is 0.421. The molecule has 0 bridgehead atoms. The summed E-state index contributed by atoms with van der Waals surface area (Å²) in [6, 6.07) is 7.13. The Labute approximate surface area is 125 Å². The van der Waals surface area contributed by atoms with E-state index in [1.165, 1.54) is 12.5 Å². The summed E-state index contributed by atoms with van der Waals surface area (Å²) in [5, 5.41) is 11.4. The molecule has 0 heterocycles. The first-order valence-electron chi connectivity index (χ1n) is 5.81. The number of rotatable bonds is 7. The maximum absolute atomic E-state index is 10.9. The van der Waals surface area contributed by atoms with Crippen molar-refractivity contribution in [2.24, 2.45) is 0 Å². The first-order chi connectivity index (χ1) is 9.00. The summed E-state index contributed by atoms with van der Waals surface area (Å²) in [4.78, 5) is 21.8. The molecule has 2 N–H and O–H groups in total. The summed E-state index contributed by atoms with van der Waals surface area (Å²) in [5.74, 6) is 0.187. The normalized spacial score (nSPS) is 11.9. The van der Waals surface area contributed by atoms with Gasteiger partial charge in [-0.2, -0.15) is 11.8 Å². The number of thioether (sulfide) groups is 1. The van der Waals surface area contributed by atoms with Crippen LogP contribution in [-0.4, -0.2) is 28.8 Å². The van der Waals surface area contributed by atoms with E-state index in [-0.39, 0.29) is 5.91 Å². The number of nitrogens with one attached hydrogen (secondary N) is 1. The van der Waals surface area contributed by atoms with Crippen LogP contribution < -0.4 is 5.32 Å². The molecule has 19 heavy (non-hydrogen) atoms. The zero-order valence-corrected chi connectivity index (χ0v) is 13.0. The highest BCUT2D eigenvalue weighted by atomic mass is 79.9. The number of aliphatic carboxylic acids is 1. The van der Waals surface area contributed by atoms with Gasteiger partial charge in [-0.1, -0.05) is 34.1 Å². The Balaban J connectivity index is 2.35. The molecule has 0 saturated heterocycles. The predicted molar refractivity (Wildman–Crippen MR) is 80.2 cm³/mol. The zero-order chi connectivity index (χ0) is 14.3. The number of amides is 1. The van der Waals surface area contributed by atoms with E-state index in [1.54, 1.807) is 11.8 Å². The summed E-state index contributed by atoms with van der Waals surface area (Å²) >= 11 is 5.12. The van der Waals surface area contributed by atoms with Crippen molar-refractivity contribution in [3.05, 3.63) is 34.3 Å². The average molecular weight is 346 g/mol. The van der Waals surface area contributed by atoms with E-state index in [4.69, 9.17) is 5.11 Å².